The summed E-state index contributed by atoms with van der Waals surface area (Å²) in [5.74, 6) is -0.231. The summed E-state index contributed by atoms with van der Waals surface area (Å²) in [6.45, 7) is 4.17. The molecule has 0 fully saturated rings. The minimum Gasteiger partial charge on any atom is -0.207 e. The molecule has 0 bridgehead atoms. The van der Waals surface area contributed by atoms with Gasteiger partial charge in [-0.1, -0.05) is 61.7 Å². The van der Waals surface area contributed by atoms with E-state index in [0.29, 0.717) is 0 Å². The monoisotopic (exact) mass is 370 g/mol. The second-order valence-corrected chi connectivity index (χ2v) is 6.16. The van der Waals surface area contributed by atoms with Gasteiger partial charge >= 0.3 is 0 Å². The molecule has 2 aromatic rings. The topological polar surface area (TPSA) is 0 Å². The maximum absolute atomic E-state index is 13.1. The van der Waals surface area contributed by atoms with Gasteiger partial charge in [0.15, 0.2) is 0 Å². The van der Waals surface area contributed by atoms with Crippen LogP contribution in [0.15, 0.2) is 40.9 Å². The quantitative estimate of drug-likeness (QED) is 0.595. The van der Waals surface area contributed by atoms with Crippen molar-refractivity contribution in [1.82, 2.24) is 0 Å². The molecule has 0 saturated heterocycles. The third-order valence-electron chi connectivity index (χ3n) is 2.93. The fraction of sp³-hybridized carbons (Fsp3) is 0.200. The molecular weight excluding hydrogens is 359 g/mol. The molecule has 0 nitrogen and oxygen atoms in total. The number of hydrogen-bond acceptors (Lipinski definition) is 0. The Morgan fingerprint density at radius 1 is 1.00 bits per heavy atom. The highest BCUT2D eigenvalue weighted by Crippen LogP contribution is 2.37. The van der Waals surface area contributed by atoms with Crippen LogP contribution in [0.1, 0.15) is 27.1 Å². The molecule has 0 amide bonds. The summed E-state index contributed by atoms with van der Waals surface area (Å²) in [4.78, 5) is 0.0630. The number of benzene rings is 2. The summed E-state index contributed by atoms with van der Waals surface area (Å²) in [5.41, 5.74) is 4.71. The first-order valence-electron chi connectivity index (χ1n) is 5.65. The summed E-state index contributed by atoms with van der Waals surface area (Å²) in [6.07, 6.45) is 0. The van der Waals surface area contributed by atoms with Crippen LogP contribution < -0.4 is 0 Å². The van der Waals surface area contributed by atoms with Gasteiger partial charge in [0.05, 0.1) is 4.83 Å². The molecule has 18 heavy (non-hydrogen) atoms. The maximum Gasteiger partial charge on any atom is 0.124 e. The number of rotatable bonds is 2. The molecule has 0 aromatic heterocycles. The Bertz CT molecular complexity index is 527. The Morgan fingerprint density at radius 2 is 1.67 bits per heavy atom. The zero-order valence-electron chi connectivity index (χ0n) is 10.2. The Morgan fingerprint density at radius 3 is 2.28 bits per heavy atom. The van der Waals surface area contributed by atoms with Crippen LogP contribution in [0.3, 0.4) is 0 Å². The first-order chi connectivity index (χ1) is 8.49. The highest BCUT2D eigenvalue weighted by Gasteiger charge is 2.15. The molecular formula is C15H13Br2F. The second-order valence-electron chi connectivity index (χ2n) is 4.39. The molecule has 0 radical (unpaired) electrons. The van der Waals surface area contributed by atoms with E-state index in [4.69, 9.17) is 0 Å². The highest BCUT2D eigenvalue weighted by atomic mass is 79.9. The molecule has 0 aliphatic carbocycles. The van der Waals surface area contributed by atoms with Gasteiger partial charge in [-0.05, 0) is 42.7 Å². The van der Waals surface area contributed by atoms with Crippen LogP contribution in [0.4, 0.5) is 4.39 Å². The third kappa shape index (κ3) is 2.83. The second kappa shape index (κ2) is 5.54. The van der Waals surface area contributed by atoms with Gasteiger partial charge in [0.2, 0.25) is 0 Å². The molecule has 0 heterocycles. The van der Waals surface area contributed by atoms with Crippen LogP contribution in [0.2, 0.25) is 0 Å². The van der Waals surface area contributed by atoms with Gasteiger partial charge in [0, 0.05) is 4.47 Å². The summed E-state index contributed by atoms with van der Waals surface area (Å²) in [5, 5.41) is 0. The van der Waals surface area contributed by atoms with Crippen molar-refractivity contribution < 1.29 is 4.39 Å². The first kappa shape index (κ1) is 13.8. The minimum atomic E-state index is -0.231. The van der Waals surface area contributed by atoms with E-state index in [1.807, 2.05) is 0 Å². The molecule has 1 atom stereocenters. The molecule has 94 valence electrons. The van der Waals surface area contributed by atoms with Crippen LogP contribution in [0.25, 0.3) is 0 Å². The van der Waals surface area contributed by atoms with E-state index in [1.54, 1.807) is 6.07 Å². The van der Waals surface area contributed by atoms with Gasteiger partial charge < -0.3 is 0 Å². The Hall–Kier alpha value is -0.670. The molecule has 2 aromatic carbocycles. The van der Waals surface area contributed by atoms with Gasteiger partial charge in [-0.2, -0.15) is 0 Å². The van der Waals surface area contributed by atoms with Crippen molar-refractivity contribution in [2.24, 2.45) is 0 Å². The molecule has 1 unspecified atom stereocenters. The lowest BCUT2D eigenvalue weighted by Crippen LogP contribution is -1.98. The lowest BCUT2D eigenvalue weighted by molar-refractivity contribution is 0.626. The number of aryl methyl sites for hydroxylation is 2. The van der Waals surface area contributed by atoms with Crippen molar-refractivity contribution >= 4 is 31.9 Å². The minimum absolute atomic E-state index is 0.0630. The number of alkyl halides is 1. The molecule has 0 aliphatic rings. The van der Waals surface area contributed by atoms with Crippen LogP contribution in [-0.2, 0) is 0 Å². The molecule has 0 aliphatic heterocycles. The molecule has 0 saturated carbocycles. The lowest BCUT2D eigenvalue weighted by Gasteiger charge is -2.15. The van der Waals surface area contributed by atoms with Crippen LogP contribution in [0.5, 0.6) is 0 Å². The predicted molar refractivity (Wildman–Crippen MR) is 80.8 cm³/mol. The summed E-state index contributed by atoms with van der Waals surface area (Å²) < 4.78 is 13.9. The van der Waals surface area contributed by atoms with Crippen LogP contribution in [0, 0.1) is 19.7 Å². The number of halogens is 3. The number of hydrogen-bond donors (Lipinski definition) is 0. The Labute approximate surface area is 123 Å². The van der Waals surface area contributed by atoms with Crippen LogP contribution >= 0.6 is 31.9 Å². The van der Waals surface area contributed by atoms with Crippen molar-refractivity contribution in [1.29, 1.82) is 0 Å². The van der Waals surface area contributed by atoms with Gasteiger partial charge in [0.1, 0.15) is 5.82 Å². The van der Waals surface area contributed by atoms with Crippen molar-refractivity contribution in [2.75, 3.05) is 0 Å². The van der Waals surface area contributed by atoms with Gasteiger partial charge in [0.25, 0.3) is 0 Å². The SMILES string of the molecule is Cc1ccc(C(Br)c2ccc(F)cc2Br)c(C)c1. The lowest BCUT2D eigenvalue weighted by atomic mass is 9.99. The average Bonchev–Trinajstić information content (AvgIpc) is 2.28. The smallest absolute Gasteiger partial charge is 0.124 e. The molecule has 0 N–H and O–H groups in total. The van der Waals surface area contributed by atoms with Crippen molar-refractivity contribution in [3.8, 4) is 0 Å². The van der Waals surface area contributed by atoms with E-state index in [9.17, 15) is 4.39 Å². The van der Waals surface area contributed by atoms with E-state index >= 15 is 0 Å². The predicted octanol–water partition coefficient (Wildman–Crippen LogP) is 5.69. The molecule has 3 heteroatoms. The van der Waals surface area contributed by atoms with E-state index in [1.165, 1.54) is 28.8 Å². The normalized spacial score (nSPS) is 12.5. The molecule has 2 rings (SSSR count). The van der Waals surface area contributed by atoms with E-state index in [2.05, 4.69) is 63.9 Å². The Balaban J connectivity index is 2.44. The highest BCUT2D eigenvalue weighted by molar-refractivity contribution is 9.11. The summed E-state index contributed by atoms with van der Waals surface area (Å²) in [6, 6.07) is 11.1. The van der Waals surface area contributed by atoms with E-state index < -0.39 is 0 Å². The standard InChI is InChI=1S/C15H13Br2F/c1-9-3-5-12(10(2)7-9)15(17)13-6-4-11(18)8-14(13)16/h3-8,15H,1-2H3. The van der Waals surface area contributed by atoms with Gasteiger partial charge in [-0.3, -0.25) is 0 Å². The average molecular weight is 372 g/mol. The largest absolute Gasteiger partial charge is 0.207 e. The zero-order valence-corrected chi connectivity index (χ0v) is 13.3. The van der Waals surface area contributed by atoms with Gasteiger partial charge in [-0.25, -0.2) is 4.39 Å². The zero-order chi connectivity index (χ0) is 13.3. The van der Waals surface area contributed by atoms with Crippen LogP contribution in [-0.4, -0.2) is 0 Å². The summed E-state index contributed by atoms with van der Waals surface area (Å²) in [7, 11) is 0. The van der Waals surface area contributed by atoms with E-state index in [0.717, 1.165) is 10.0 Å². The van der Waals surface area contributed by atoms with E-state index in [-0.39, 0.29) is 10.6 Å². The fourth-order valence-electron chi connectivity index (χ4n) is 1.98. The van der Waals surface area contributed by atoms with Crippen molar-refractivity contribution in [3.05, 3.63) is 68.9 Å². The first-order valence-corrected chi connectivity index (χ1v) is 7.36. The fourth-order valence-corrected chi connectivity index (χ4v) is 3.78. The van der Waals surface area contributed by atoms with Gasteiger partial charge in [-0.15, -0.1) is 0 Å². The maximum atomic E-state index is 13.1. The third-order valence-corrected chi connectivity index (χ3v) is 4.61. The van der Waals surface area contributed by atoms with Crippen molar-refractivity contribution in [2.45, 2.75) is 18.7 Å². The summed E-state index contributed by atoms with van der Waals surface area (Å²) >= 11 is 7.11. The van der Waals surface area contributed by atoms with Crippen molar-refractivity contribution in [3.63, 3.8) is 0 Å². The Kier molecular flexibility index (Phi) is 4.23. The molecule has 0 spiro atoms.